The van der Waals surface area contributed by atoms with Gasteiger partial charge in [0.05, 0.1) is 0 Å². The summed E-state index contributed by atoms with van der Waals surface area (Å²) >= 11 is 0. The molecule has 78 valence electrons. The van der Waals surface area contributed by atoms with Crippen molar-refractivity contribution in [2.45, 2.75) is 52.4 Å². The minimum absolute atomic E-state index is 0.935. The molecule has 1 heterocycles. The Morgan fingerprint density at radius 1 is 0.846 bits per heavy atom. The summed E-state index contributed by atoms with van der Waals surface area (Å²) < 4.78 is 0. The first-order valence-corrected chi connectivity index (χ1v) is 5.99. The van der Waals surface area contributed by atoms with Crippen LogP contribution in [-0.4, -0.2) is 13.1 Å². The van der Waals surface area contributed by atoms with Crippen LogP contribution in [0.5, 0.6) is 0 Å². The van der Waals surface area contributed by atoms with Gasteiger partial charge >= 0.3 is 0 Å². The van der Waals surface area contributed by atoms with Crippen LogP contribution >= 0.6 is 0 Å². The molecule has 0 radical (unpaired) electrons. The molecule has 0 aromatic rings. The predicted molar refractivity (Wildman–Crippen MR) is 58.9 cm³/mol. The Balaban J connectivity index is 0.000000132. The monoisotopic (exact) mass is 183 g/mol. The van der Waals surface area contributed by atoms with Crippen LogP contribution in [0.3, 0.4) is 0 Å². The Morgan fingerprint density at radius 2 is 1.54 bits per heavy atom. The highest BCUT2D eigenvalue weighted by atomic mass is 14.9. The van der Waals surface area contributed by atoms with E-state index < -0.39 is 0 Å². The third-order valence-electron chi connectivity index (χ3n) is 3.20. The predicted octanol–water partition coefficient (Wildman–Crippen LogP) is 3.20. The minimum atomic E-state index is 0.935. The van der Waals surface area contributed by atoms with Gasteiger partial charge in [-0.05, 0) is 31.3 Å². The smallest absolute Gasteiger partial charge is 0.00227 e. The summed E-state index contributed by atoms with van der Waals surface area (Å²) in [7, 11) is 0. The topological polar surface area (TPSA) is 12.0 Å². The third-order valence-corrected chi connectivity index (χ3v) is 3.20. The molecule has 0 aromatic carbocycles. The van der Waals surface area contributed by atoms with Gasteiger partial charge in [0, 0.05) is 0 Å². The summed E-state index contributed by atoms with van der Waals surface area (Å²) in [5.41, 5.74) is 0. The van der Waals surface area contributed by atoms with Crippen molar-refractivity contribution < 1.29 is 0 Å². The second-order valence-corrected chi connectivity index (χ2v) is 4.84. The van der Waals surface area contributed by atoms with Crippen molar-refractivity contribution in [1.82, 2.24) is 5.32 Å². The molecule has 1 saturated heterocycles. The fraction of sp³-hybridized carbons (Fsp3) is 1.00. The van der Waals surface area contributed by atoms with Gasteiger partial charge in [-0.15, -0.1) is 0 Å². The van der Waals surface area contributed by atoms with E-state index in [2.05, 4.69) is 19.2 Å². The van der Waals surface area contributed by atoms with Crippen LogP contribution in [0.2, 0.25) is 0 Å². The molecule has 0 amide bonds. The minimum Gasteiger partial charge on any atom is -0.316 e. The maximum Gasteiger partial charge on any atom is -0.00227 e. The SMILES string of the molecule is CC1CCCCC1.CC1CCNC1. The van der Waals surface area contributed by atoms with Crippen molar-refractivity contribution in [2.24, 2.45) is 11.8 Å². The van der Waals surface area contributed by atoms with Gasteiger partial charge in [0.25, 0.3) is 0 Å². The fourth-order valence-electron chi connectivity index (χ4n) is 2.11. The van der Waals surface area contributed by atoms with E-state index in [0.717, 1.165) is 11.8 Å². The summed E-state index contributed by atoms with van der Waals surface area (Å²) in [6, 6.07) is 0. The summed E-state index contributed by atoms with van der Waals surface area (Å²) in [5, 5.41) is 3.27. The number of hydrogen-bond acceptors (Lipinski definition) is 1. The first-order chi connectivity index (χ1) is 6.29. The van der Waals surface area contributed by atoms with Gasteiger partial charge in [0.2, 0.25) is 0 Å². The zero-order valence-electron chi connectivity index (χ0n) is 9.31. The van der Waals surface area contributed by atoms with E-state index in [0.29, 0.717) is 0 Å². The second kappa shape index (κ2) is 6.42. The molecule has 2 aliphatic rings. The van der Waals surface area contributed by atoms with E-state index in [9.17, 15) is 0 Å². The van der Waals surface area contributed by atoms with Gasteiger partial charge in [-0.3, -0.25) is 0 Å². The lowest BCUT2D eigenvalue weighted by Gasteiger charge is -2.15. The van der Waals surface area contributed by atoms with Crippen molar-refractivity contribution in [3.8, 4) is 0 Å². The van der Waals surface area contributed by atoms with E-state index in [4.69, 9.17) is 0 Å². The van der Waals surface area contributed by atoms with E-state index >= 15 is 0 Å². The summed E-state index contributed by atoms with van der Waals surface area (Å²) in [6.07, 6.45) is 8.81. The van der Waals surface area contributed by atoms with Crippen molar-refractivity contribution in [2.75, 3.05) is 13.1 Å². The molecule has 0 aromatic heterocycles. The van der Waals surface area contributed by atoms with E-state index in [1.165, 1.54) is 51.6 Å². The average Bonchev–Trinajstić information content (AvgIpc) is 2.58. The molecule has 0 bridgehead atoms. The highest BCUT2D eigenvalue weighted by Crippen LogP contribution is 2.22. The zero-order chi connectivity index (χ0) is 9.52. The Hall–Kier alpha value is -0.0400. The Labute approximate surface area is 83.3 Å². The molecule has 1 aliphatic carbocycles. The Morgan fingerprint density at radius 3 is 1.77 bits per heavy atom. The molecular formula is C12H25N. The Kier molecular flexibility index (Phi) is 5.45. The lowest BCUT2D eigenvalue weighted by Crippen LogP contribution is -2.06. The van der Waals surface area contributed by atoms with Gasteiger partial charge in [-0.25, -0.2) is 0 Å². The molecule has 1 saturated carbocycles. The number of hydrogen-bond donors (Lipinski definition) is 1. The van der Waals surface area contributed by atoms with Crippen LogP contribution in [0.1, 0.15) is 52.4 Å². The van der Waals surface area contributed by atoms with Gasteiger partial charge in [-0.1, -0.05) is 46.0 Å². The summed E-state index contributed by atoms with van der Waals surface area (Å²) in [6.45, 7) is 7.11. The van der Waals surface area contributed by atoms with Gasteiger partial charge < -0.3 is 5.32 Å². The van der Waals surface area contributed by atoms with Crippen molar-refractivity contribution >= 4 is 0 Å². The van der Waals surface area contributed by atoms with E-state index in [1.54, 1.807) is 0 Å². The lowest BCUT2D eigenvalue weighted by molar-refractivity contribution is 0.385. The average molecular weight is 183 g/mol. The summed E-state index contributed by atoms with van der Waals surface area (Å²) in [5.74, 6) is 1.97. The molecule has 1 atom stereocenters. The van der Waals surface area contributed by atoms with Gasteiger partial charge in [-0.2, -0.15) is 0 Å². The molecule has 1 unspecified atom stereocenters. The van der Waals surface area contributed by atoms with Crippen LogP contribution in [0.25, 0.3) is 0 Å². The van der Waals surface area contributed by atoms with Crippen molar-refractivity contribution in [1.29, 1.82) is 0 Å². The highest BCUT2D eigenvalue weighted by Gasteiger charge is 2.06. The van der Waals surface area contributed by atoms with Crippen LogP contribution in [-0.2, 0) is 0 Å². The van der Waals surface area contributed by atoms with Crippen molar-refractivity contribution in [3.05, 3.63) is 0 Å². The number of nitrogens with one attached hydrogen (secondary N) is 1. The molecule has 1 aliphatic heterocycles. The maximum absolute atomic E-state index is 3.27. The van der Waals surface area contributed by atoms with Gasteiger partial charge in [0.15, 0.2) is 0 Å². The Bertz CT molecular complexity index is 110. The molecule has 1 nitrogen and oxygen atoms in total. The van der Waals surface area contributed by atoms with E-state index in [1.807, 2.05) is 0 Å². The second-order valence-electron chi connectivity index (χ2n) is 4.84. The molecule has 1 heteroatoms. The van der Waals surface area contributed by atoms with Crippen molar-refractivity contribution in [3.63, 3.8) is 0 Å². The third kappa shape index (κ3) is 5.30. The number of rotatable bonds is 0. The zero-order valence-corrected chi connectivity index (χ0v) is 9.31. The van der Waals surface area contributed by atoms with Gasteiger partial charge in [0.1, 0.15) is 0 Å². The fourth-order valence-corrected chi connectivity index (χ4v) is 2.11. The molecule has 2 fully saturated rings. The standard InChI is InChI=1S/C7H14.C5H11N/c1-7-5-3-2-4-6-7;1-5-2-3-6-4-5/h7H,2-6H2,1H3;5-6H,2-4H2,1H3. The normalized spacial score (nSPS) is 29.5. The van der Waals surface area contributed by atoms with Crippen LogP contribution in [0, 0.1) is 11.8 Å². The lowest BCUT2D eigenvalue weighted by atomic mass is 9.91. The molecule has 13 heavy (non-hydrogen) atoms. The van der Waals surface area contributed by atoms with E-state index in [-0.39, 0.29) is 0 Å². The highest BCUT2D eigenvalue weighted by molar-refractivity contribution is 4.65. The van der Waals surface area contributed by atoms with Crippen LogP contribution in [0.15, 0.2) is 0 Å². The maximum atomic E-state index is 3.27. The molecule has 0 spiro atoms. The first kappa shape index (κ1) is 11.0. The summed E-state index contributed by atoms with van der Waals surface area (Å²) in [4.78, 5) is 0. The molecular weight excluding hydrogens is 158 g/mol. The van der Waals surface area contributed by atoms with Crippen LogP contribution < -0.4 is 5.32 Å². The molecule has 1 N–H and O–H groups in total. The molecule has 2 rings (SSSR count). The van der Waals surface area contributed by atoms with Crippen LogP contribution in [0.4, 0.5) is 0 Å². The largest absolute Gasteiger partial charge is 0.316 e. The quantitative estimate of drug-likeness (QED) is 0.608. The first-order valence-electron chi connectivity index (χ1n) is 5.99.